The number of carbonyl (C=O) groups is 1. The fourth-order valence-corrected chi connectivity index (χ4v) is 2.37. The van der Waals surface area contributed by atoms with Crippen LogP contribution in [0.3, 0.4) is 0 Å². The van der Waals surface area contributed by atoms with E-state index in [1.54, 1.807) is 11.0 Å². The van der Waals surface area contributed by atoms with Gasteiger partial charge in [0, 0.05) is 44.5 Å². The van der Waals surface area contributed by atoms with Crippen molar-refractivity contribution in [2.45, 2.75) is 6.92 Å². The van der Waals surface area contributed by atoms with Gasteiger partial charge in [-0.05, 0) is 18.6 Å². The van der Waals surface area contributed by atoms with E-state index in [1.807, 2.05) is 19.1 Å². The van der Waals surface area contributed by atoms with E-state index in [0.717, 1.165) is 18.7 Å². The van der Waals surface area contributed by atoms with Gasteiger partial charge >= 0.3 is 0 Å². The highest BCUT2D eigenvalue weighted by atomic mass is 16.5. The predicted molar refractivity (Wildman–Crippen MR) is 81.2 cm³/mol. The summed E-state index contributed by atoms with van der Waals surface area (Å²) in [6.07, 6.45) is 0. The molecule has 2 rings (SSSR count). The van der Waals surface area contributed by atoms with Crippen LogP contribution in [0.4, 0.5) is 5.69 Å². The predicted octanol–water partition coefficient (Wildman–Crippen LogP) is 0.0925. The number of benzene rings is 1. The van der Waals surface area contributed by atoms with Crippen molar-refractivity contribution in [3.8, 4) is 5.75 Å². The van der Waals surface area contributed by atoms with E-state index in [0.29, 0.717) is 31.1 Å². The van der Waals surface area contributed by atoms with Gasteiger partial charge in [-0.2, -0.15) is 0 Å². The summed E-state index contributed by atoms with van der Waals surface area (Å²) in [5, 5.41) is 8.90. The lowest BCUT2D eigenvalue weighted by atomic mass is 10.2. The van der Waals surface area contributed by atoms with E-state index in [-0.39, 0.29) is 19.1 Å². The average Bonchev–Trinajstić information content (AvgIpc) is 2.49. The monoisotopic (exact) mass is 293 g/mol. The van der Waals surface area contributed by atoms with Gasteiger partial charge in [-0.25, -0.2) is 0 Å². The number of nitrogens with zero attached hydrogens (tertiary/aromatic N) is 2. The van der Waals surface area contributed by atoms with E-state index in [9.17, 15) is 4.79 Å². The number of carbonyl (C=O) groups excluding carboxylic acids is 1. The molecule has 1 aromatic carbocycles. The van der Waals surface area contributed by atoms with Crippen molar-refractivity contribution in [1.29, 1.82) is 0 Å². The maximum atomic E-state index is 12.1. The standard InChI is InChI=1S/C15H23N3O3/c1-12-2-3-13(16)10-14(12)21-11-15(20)18-6-4-17(5-7-18)8-9-19/h2-3,10,19H,4-9,11,16H2,1H3. The summed E-state index contributed by atoms with van der Waals surface area (Å²) in [5.41, 5.74) is 7.31. The first kappa shape index (κ1) is 15.6. The number of anilines is 1. The van der Waals surface area contributed by atoms with Gasteiger partial charge in [0.15, 0.2) is 6.61 Å². The van der Waals surface area contributed by atoms with E-state index >= 15 is 0 Å². The number of nitrogen functional groups attached to an aromatic ring is 1. The number of amides is 1. The van der Waals surface area contributed by atoms with Crippen LogP contribution in [-0.4, -0.2) is 66.8 Å². The van der Waals surface area contributed by atoms with Crippen LogP contribution in [0.2, 0.25) is 0 Å². The molecule has 0 unspecified atom stereocenters. The van der Waals surface area contributed by atoms with Crippen LogP contribution in [0.5, 0.6) is 5.75 Å². The lowest BCUT2D eigenvalue weighted by Gasteiger charge is -2.34. The Labute approximate surface area is 125 Å². The molecule has 0 aliphatic carbocycles. The number of hydrogen-bond donors (Lipinski definition) is 2. The summed E-state index contributed by atoms with van der Waals surface area (Å²) in [4.78, 5) is 16.1. The van der Waals surface area contributed by atoms with Crippen LogP contribution in [0.25, 0.3) is 0 Å². The number of aryl methyl sites for hydroxylation is 1. The quantitative estimate of drug-likeness (QED) is 0.752. The molecule has 6 nitrogen and oxygen atoms in total. The number of piperazine rings is 1. The van der Waals surface area contributed by atoms with Crippen LogP contribution >= 0.6 is 0 Å². The topological polar surface area (TPSA) is 79.0 Å². The second-order valence-corrected chi connectivity index (χ2v) is 5.26. The maximum Gasteiger partial charge on any atom is 0.260 e. The number of ether oxygens (including phenoxy) is 1. The minimum Gasteiger partial charge on any atom is -0.483 e. The zero-order valence-corrected chi connectivity index (χ0v) is 12.4. The first-order chi connectivity index (χ1) is 10.1. The molecule has 0 bridgehead atoms. The SMILES string of the molecule is Cc1ccc(N)cc1OCC(=O)N1CCN(CCO)CC1. The van der Waals surface area contributed by atoms with E-state index in [1.165, 1.54) is 0 Å². The molecule has 0 atom stereocenters. The first-order valence-corrected chi connectivity index (χ1v) is 7.20. The fourth-order valence-electron chi connectivity index (χ4n) is 2.37. The Hall–Kier alpha value is -1.79. The molecular weight excluding hydrogens is 270 g/mol. The highest BCUT2D eigenvalue weighted by molar-refractivity contribution is 5.78. The smallest absolute Gasteiger partial charge is 0.260 e. The molecule has 1 aromatic rings. The lowest BCUT2D eigenvalue weighted by Crippen LogP contribution is -2.50. The minimum atomic E-state index is -0.0135. The molecule has 1 aliphatic rings. The highest BCUT2D eigenvalue weighted by Gasteiger charge is 2.21. The van der Waals surface area contributed by atoms with Crippen LogP contribution < -0.4 is 10.5 Å². The molecule has 21 heavy (non-hydrogen) atoms. The number of β-amino-alcohol motifs (C(OH)–C–C–N with tert-alkyl or cyclic N) is 1. The highest BCUT2D eigenvalue weighted by Crippen LogP contribution is 2.20. The molecule has 1 aliphatic heterocycles. The molecule has 1 heterocycles. The Balaban J connectivity index is 1.81. The first-order valence-electron chi connectivity index (χ1n) is 7.20. The summed E-state index contributed by atoms with van der Waals surface area (Å²) >= 11 is 0. The molecule has 0 aromatic heterocycles. The Kier molecular flexibility index (Phi) is 5.41. The van der Waals surface area contributed by atoms with E-state index < -0.39 is 0 Å². The van der Waals surface area contributed by atoms with Crippen molar-refractivity contribution in [2.75, 3.05) is 51.7 Å². The van der Waals surface area contributed by atoms with E-state index in [2.05, 4.69) is 4.90 Å². The zero-order chi connectivity index (χ0) is 15.2. The average molecular weight is 293 g/mol. The summed E-state index contributed by atoms with van der Waals surface area (Å²) in [6.45, 7) is 5.73. The Bertz CT molecular complexity index is 485. The van der Waals surface area contributed by atoms with Crippen molar-refractivity contribution < 1.29 is 14.6 Å². The summed E-state index contributed by atoms with van der Waals surface area (Å²) in [6, 6.07) is 5.43. The third-order valence-electron chi connectivity index (χ3n) is 3.70. The lowest BCUT2D eigenvalue weighted by molar-refractivity contribution is -0.135. The van der Waals surface area contributed by atoms with Crippen LogP contribution in [0, 0.1) is 6.92 Å². The number of nitrogens with two attached hydrogens (primary N) is 1. The molecule has 116 valence electrons. The van der Waals surface area contributed by atoms with Crippen molar-refractivity contribution >= 4 is 11.6 Å². The van der Waals surface area contributed by atoms with Crippen molar-refractivity contribution in [1.82, 2.24) is 9.80 Å². The summed E-state index contributed by atoms with van der Waals surface area (Å²) in [5.74, 6) is 0.641. The van der Waals surface area contributed by atoms with Crippen LogP contribution in [0.1, 0.15) is 5.56 Å². The van der Waals surface area contributed by atoms with Crippen molar-refractivity contribution in [2.24, 2.45) is 0 Å². The van der Waals surface area contributed by atoms with Gasteiger partial charge in [0.25, 0.3) is 5.91 Å². The number of rotatable bonds is 5. The normalized spacial score (nSPS) is 16.0. The second kappa shape index (κ2) is 7.28. The molecule has 0 radical (unpaired) electrons. The molecule has 1 saturated heterocycles. The van der Waals surface area contributed by atoms with Crippen LogP contribution in [0.15, 0.2) is 18.2 Å². The number of aliphatic hydroxyl groups excluding tert-OH is 1. The summed E-state index contributed by atoms with van der Waals surface area (Å²) < 4.78 is 5.58. The molecule has 1 amide bonds. The van der Waals surface area contributed by atoms with Crippen LogP contribution in [-0.2, 0) is 4.79 Å². The Morgan fingerprint density at radius 1 is 1.33 bits per heavy atom. The molecule has 0 spiro atoms. The van der Waals surface area contributed by atoms with Crippen molar-refractivity contribution in [3.05, 3.63) is 23.8 Å². The molecule has 3 N–H and O–H groups in total. The molecular formula is C15H23N3O3. The second-order valence-electron chi connectivity index (χ2n) is 5.26. The third-order valence-corrected chi connectivity index (χ3v) is 3.70. The van der Waals surface area contributed by atoms with Gasteiger partial charge in [0.1, 0.15) is 5.75 Å². The molecule has 0 saturated carbocycles. The van der Waals surface area contributed by atoms with Gasteiger partial charge in [-0.3, -0.25) is 9.69 Å². The molecule has 6 heteroatoms. The largest absolute Gasteiger partial charge is 0.483 e. The Morgan fingerprint density at radius 3 is 2.71 bits per heavy atom. The van der Waals surface area contributed by atoms with Gasteiger partial charge in [0.2, 0.25) is 0 Å². The van der Waals surface area contributed by atoms with Gasteiger partial charge in [0.05, 0.1) is 6.61 Å². The fraction of sp³-hybridized carbons (Fsp3) is 0.533. The zero-order valence-electron chi connectivity index (χ0n) is 12.4. The maximum absolute atomic E-state index is 12.1. The number of hydrogen-bond acceptors (Lipinski definition) is 5. The molecule has 1 fully saturated rings. The van der Waals surface area contributed by atoms with E-state index in [4.69, 9.17) is 15.6 Å². The Morgan fingerprint density at radius 2 is 2.05 bits per heavy atom. The minimum absolute atomic E-state index is 0.0135. The van der Waals surface area contributed by atoms with Gasteiger partial charge in [-0.15, -0.1) is 0 Å². The van der Waals surface area contributed by atoms with Crippen molar-refractivity contribution in [3.63, 3.8) is 0 Å². The third kappa shape index (κ3) is 4.34. The summed E-state index contributed by atoms with van der Waals surface area (Å²) in [7, 11) is 0. The van der Waals surface area contributed by atoms with Gasteiger partial charge < -0.3 is 20.5 Å². The van der Waals surface area contributed by atoms with Gasteiger partial charge in [-0.1, -0.05) is 6.07 Å². The number of aliphatic hydroxyl groups is 1.